The number of hydrogen-bond acceptors (Lipinski definition) is 6. The van der Waals surface area contributed by atoms with Crippen molar-refractivity contribution in [3.8, 4) is 10.8 Å². The van der Waals surface area contributed by atoms with E-state index in [0.29, 0.717) is 15.4 Å². The number of thiazole rings is 1. The molecule has 2 rings (SSSR count). The fourth-order valence-electron chi connectivity index (χ4n) is 1.43. The Bertz CT molecular complexity index is 631. The number of nitrogens with zero attached hydrogens (tertiary/aromatic N) is 1. The lowest BCUT2D eigenvalue weighted by Gasteiger charge is -1.98. The van der Waals surface area contributed by atoms with Gasteiger partial charge in [-0.15, -0.1) is 11.3 Å². The average molecular weight is 344 g/mol. The molecule has 5 nitrogen and oxygen atoms in total. The predicted octanol–water partition coefficient (Wildman–Crippen LogP) is 3.54. The molecule has 0 N–H and O–H groups in total. The number of aromatic nitrogens is 1. The molecule has 2 aromatic heterocycles. The highest BCUT2D eigenvalue weighted by Crippen LogP contribution is 2.31. The number of carbonyl (C=O) groups excluding carboxylic acids is 2. The Morgan fingerprint density at radius 1 is 1.47 bits per heavy atom. The SMILES string of the molecule is CCOC(=O)c1nc(-c2ccc(Br)o2)sc1C(C)=O. The Hall–Kier alpha value is -1.47. The molecule has 0 aliphatic carbocycles. The van der Waals surface area contributed by atoms with Gasteiger partial charge in [-0.2, -0.15) is 0 Å². The third kappa shape index (κ3) is 2.93. The van der Waals surface area contributed by atoms with Crippen LogP contribution in [0.4, 0.5) is 0 Å². The first kappa shape index (κ1) is 14.0. The molecule has 0 aliphatic rings. The molecule has 0 aromatic carbocycles. The molecule has 0 saturated heterocycles. The minimum atomic E-state index is -0.596. The smallest absolute Gasteiger partial charge is 0.358 e. The summed E-state index contributed by atoms with van der Waals surface area (Å²) >= 11 is 4.30. The van der Waals surface area contributed by atoms with E-state index in [2.05, 4.69) is 20.9 Å². The third-order valence-electron chi connectivity index (χ3n) is 2.20. The van der Waals surface area contributed by atoms with Crippen LogP contribution in [0.5, 0.6) is 0 Å². The van der Waals surface area contributed by atoms with E-state index in [0.717, 1.165) is 11.3 Å². The highest BCUT2D eigenvalue weighted by molar-refractivity contribution is 9.10. The van der Waals surface area contributed by atoms with E-state index in [1.54, 1.807) is 19.1 Å². The van der Waals surface area contributed by atoms with Crippen molar-refractivity contribution in [2.75, 3.05) is 6.61 Å². The maximum atomic E-state index is 11.7. The molecule has 100 valence electrons. The van der Waals surface area contributed by atoms with Gasteiger partial charge in [-0.25, -0.2) is 9.78 Å². The molecule has 0 amide bonds. The van der Waals surface area contributed by atoms with Crippen LogP contribution in [0.3, 0.4) is 0 Å². The third-order valence-corrected chi connectivity index (χ3v) is 3.80. The fourth-order valence-corrected chi connectivity index (χ4v) is 2.65. The monoisotopic (exact) mass is 343 g/mol. The Morgan fingerprint density at radius 3 is 2.74 bits per heavy atom. The van der Waals surface area contributed by atoms with Crippen LogP contribution >= 0.6 is 27.3 Å². The number of ketones is 1. The number of ether oxygens (including phenoxy) is 1. The summed E-state index contributed by atoms with van der Waals surface area (Å²) < 4.78 is 10.8. The summed E-state index contributed by atoms with van der Waals surface area (Å²) in [5.74, 6) is -0.326. The van der Waals surface area contributed by atoms with Crippen LogP contribution in [0, 0.1) is 0 Å². The van der Waals surface area contributed by atoms with Crippen molar-refractivity contribution < 1.29 is 18.7 Å². The van der Waals surface area contributed by atoms with Gasteiger partial charge in [-0.3, -0.25) is 4.79 Å². The lowest BCUT2D eigenvalue weighted by molar-refractivity contribution is 0.0517. The van der Waals surface area contributed by atoms with Crippen molar-refractivity contribution >= 4 is 39.0 Å². The summed E-state index contributed by atoms with van der Waals surface area (Å²) in [7, 11) is 0. The topological polar surface area (TPSA) is 69.4 Å². The highest BCUT2D eigenvalue weighted by atomic mass is 79.9. The van der Waals surface area contributed by atoms with Gasteiger partial charge in [0.05, 0.1) is 6.61 Å². The van der Waals surface area contributed by atoms with E-state index in [1.165, 1.54) is 6.92 Å². The summed E-state index contributed by atoms with van der Waals surface area (Å²) in [6.07, 6.45) is 0. The molecule has 0 atom stereocenters. The largest absolute Gasteiger partial charge is 0.461 e. The first-order chi connectivity index (χ1) is 9.02. The van der Waals surface area contributed by atoms with Crippen molar-refractivity contribution in [3.63, 3.8) is 0 Å². The number of hydrogen-bond donors (Lipinski definition) is 0. The van der Waals surface area contributed by atoms with E-state index in [9.17, 15) is 9.59 Å². The number of rotatable bonds is 4. The van der Waals surface area contributed by atoms with Gasteiger partial charge in [-0.05, 0) is 35.0 Å². The van der Waals surface area contributed by atoms with Crippen LogP contribution in [0.1, 0.15) is 34.0 Å². The second-order valence-corrected chi connectivity index (χ2v) is 5.36. The van der Waals surface area contributed by atoms with Crippen molar-refractivity contribution in [3.05, 3.63) is 27.4 Å². The van der Waals surface area contributed by atoms with E-state index in [4.69, 9.17) is 9.15 Å². The van der Waals surface area contributed by atoms with Gasteiger partial charge >= 0.3 is 5.97 Å². The van der Waals surface area contributed by atoms with Gasteiger partial charge in [0.2, 0.25) is 0 Å². The molecule has 0 saturated carbocycles. The summed E-state index contributed by atoms with van der Waals surface area (Å²) in [5.41, 5.74) is 0.0434. The Kier molecular flexibility index (Phi) is 4.16. The zero-order valence-corrected chi connectivity index (χ0v) is 12.6. The number of carbonyl (C=O) groups is 2. The number of Topliss-reactive ketones (excluding diaryl/α,β-unsaturated/α-hetero) is 1. The van der Waals surface area contributed by atoms with E-state index < -0.39 is 5.97 Å². The lowest BCUT2D eigenvalue weighted by Crippen LogP contribution is -2.09. The van der Waals surface area contributed by atoms with Crippen molar-refractivity contribution in [2.45, 2.75) is 13.8 Å². The lowest BCUT2D eigenvalue weighted by atomic mass is 10.3. The van der Waals surface area contributed by atoms with Gasteiger partial charge in [-0.1, -0.05) is 0 Å². The summed E-state index contributed by atoms with van der Waals surface area (Å²) in [5, 5.41) is 0.471. The van der Waals surface area contributed by atoms with Crippen molar-refractivity contribution in [1.29, 1.82) is 0 Å². The van der Waals surface area contributed by atoms with Crippen molar-refractivity contribution in [1.82, 2.24) is 4.98 Å². The molecule has 7 heteroatoms. The minimum absolute atomic E-state index is 0.0434. The molecular weight excluding hydrogens is 334 g/mol. The molecule has 0 bridgehead atoms. The number of furan rings is 1. The van der Waals surface area contributed by atoms with Gasteiger partial charge in [0.25, 0.3) is 0 Å². The molecular formula is C12H10BrNO4S. The Balaban J connectivity index is 2.46. The van der Waals surface area contributed by atoms with Gasteiger partial charge in [0.15, 0.2) is 26.9 Å². The van der Waals surface area contributed by atoms with E-state index in [1.807, 2.05) is 0 Å². The quantitative estimate of drug-likeness (QED) is 0.627. The van der Waals surface area contributed by atoms with Gasteiger partial charge in [0, 0.05) is 6.92 Å². The molecule has 0 aliphatic heterocycles. The molecule has 2 aromatic rings. The van der Waals surface area contributed by atoms with Crippen LogP contribution in [0.2, 0.25) is 0 Å². The Labute approximate surface area is 121 Å². The van der Waals surface area contributed by atoms with Crippen LogP contribution < -0.4 is 0 Å². The number of esters is 1. The first-order valence-electron chi connectivity index (χ1n) is 5.47. The minimum Gasteiger partial charge on any atom is -0.461 e. The first-order valence-corrected chi connectivity index (χ1v) is 7.08. The maximum Gasteiger partial charge on any atom is 0.358 e. The maximum absolute atomic E-state index is 11.7. The fraction of sp³-hybridized carbons (Fsp3) is 0.250. The zero-order chi connectivity index (χ0) is 14.0. The van der Waals surface area contributed by atoms with Crippen molar-refractivity contribution in [2.24, 2.45) is 0 Å². The van der Waals surface area contributed by atoms with E-state index >= 15 is 0 Å². The summed E-state index contributed by atoms with van der Waals surface area (Å²) in [6.45, 7) is 3.32. The van der Waals surface area contributed by atoms with Crippen LogP contribution in [0.15, 0.2) is 21.2 Å². The predicted molar refractivity (Wildman–Crippen MR) is 73.5 cm³/mol. The summed E-state index contributed by atoms with van der Waals surface area (Å²) in [4.78, 5) is 27.7. The van der Waals surface area contributed by atoms with Gasteiger partial charge in [0.1, 0.15) is 4.88 Å². The highest BCUT2D eigenvalue weighted by Gasteiger charge is 2.23. The molecule has 0 spiro atoms. The average Bonchev–Trinajstić information content (AvgIpc) is 2.94. The normalized spacial score (nSPS) is 10.5. The molecule has 0 radical (unpaired) electrons. The molecule has 0 fully saturated rings. The standard InChI is InChI=1S/C12H10BrNO4S/c1-3-17-12(16)9-10(6(2)15)19-11(14-9)7-4-5-8(13)18-7/h4-5H,3H2,1-2H3. The molecule has 19 heavy (non-hydrogen) atoms. The number of halogens is 1. The zero-order valence-electron chi connectivity index (χ0n) is 10.2. The van der Waals surface area contributed by atoms with Crippen LogP contribution in [-0.2, 0) is 4.74 Å². The molecule has 0 unspecified atom stereocenters. The summed E-state index contributed by atoms with van der Waals surface area (Å²) in [6, 6.07) is 3.43. The van der Waals surface area contributed by atoms with Crippen LogP contribution in [0.25, 0.3) is 10.8 Å². The Morgan fingerprint density at radius 2 is 2.21 bits per heavy atom. The second-order valence-electron chi connectivity index (χ2n) is 3.58. The van der Waals surface area contributed by atoms with Crippen LogP contribution in [-0.4, -0.2) is 23.3 Å². The van der Waals surface area contributed by atoms with E-state index in [-0.39, 0.29) is 23.0 Å². The molecule has 2 heterocycles. The van der Waals surface area contributed by atoms with Gasteiger partial charge < -0.3 is 9.15 Å². The second kappa shape index (κ2) is 5.66.